The number of aromatic nitrogens is 2. The maximum absolute atomic E-state index is 11.4. The van der Waals surface area contributed by atoms with Gasteiger partial charge in [0.05, 0.1) is 11.0 Å². The van der Waals surface area contributed by atoms with Gasteiger partial charge in [-0.2, -0.15) is 16.8 Å². The molecule has 0 aliphatic rings. The fraction of sp³-hybridized carbons (Fsp3) is 0. The van der Waals surface area contributed by atoms with Gasteiger partial charge in [0, 0.05) is 76.1 Å². The number of nitrogens with zero attached hydrogens (tertiary/aromatic N) is 2. The van der Waals surface area contributed by atoms with Gasteiger partial charge in [0.1, 0.15) is 4.90 Å². The Hall–Kier alpha value is -0.140. The van der Waals surface area contributed by atoms with E-state index < -0.39 is 30.2 Å². The van der Waals surface area contributed by atoms with E-state index in [1.807, 2.05) is 0 Å². The summed E-state index contributed by atoms with van der Waals surface area (Å²) in [5, 5.41) is -0.369. The van der Waals surface area contributed by atoms with Crippen molar-refractivity contribution >= 4 is 101 Å². The second kappa shape index (κ2) is 7.62. The normalized spacial score (nSPS) is 11.8. The molecule has 0 amide bonds. The van der Waals surface area contributed by atoms with E-state index in [0.29, 0.717) is 10.9 Å². The predicted molar refractivity (Wildman–Crippen MR) is 88.2 cm³/mol. The molecule has 0 spiro atoms. The Labute approximate surface area is 181 Å². The van der Waals surface area contributed by atoms with Crippen LogP contribution >= 0.6 is 0 Å². The molecule has 0 aliphatic heterocycles. The van der Waals surface area contributed by atoms with E-state index >= 15 is 0 Å². The molecule has 12 heteroatoms. The Balaban J connectivity index is 0.00000144. The largest absolute Gasteiger partial charge is 0.313 e. The van der Waals surface area contributed by atoms with Gasteiger partial charge >= 0.3 is 10.1 Å². The van der Waals surface area contributed by atoms with Crippen molar-refractivity contribution in [1.29, 1.82) is 0 Å². The van der Waals surface area contributed by atoms with Crippen molar-refractivity contribution in [2.24, 2.45) is 0 Å². The molecule has 2 radical (unpaired) electrons. The van der Waals surface area contributed by atoms with E-state index in [9.17, 15) is 21.4 Å². The molecule has 0 fully saturated rings. The quantitative estimate of drug-likeness (QED) is 0.370. The summed E-state index contributed by atoms with van der Waals surface area (Å²) in [4.78, 5) is 6.82. The Morgan fingerprint density at radius 3 is 2.17 bits per heavy atom. The van der Waals surface area contributed by atoms with E-state index in [-0.39, 0.29) is 70.0 Å². The molecule has 24 heavy (non-hydrogen) atoms. The van der Waals surface area contributed by atoms with Gasteiger partial charge in [-0.3, -0.25) is 14.1 Å². The number of rotatable bonds is 2. The first-order valence-electron chi connectivity index (χ1n) is 5.81. The molecule has 0 saturated carbocycles. The van der Waals surface area contributed by atoms with E-state index in [2.05, 4.69) is 9.97 Å². The number of fused-ring (bicyclic) bond motifs is 3. The van der Waals surface area contributed by atoms with Crippen molar-refractivity contribution in [2.45, 2.75) is 9.92 Å². The maximum atomic E-state index is 11.4. The molecule has 3 aromatic rings. The van der Waals surface area contributed by atoms with Gasteiger partial charge < -0.3 is 0 Å². The van der Waals surface area contributed by atoms with Gasteiger partial charge in [-0.1, -0.05) is 6.07 Å². The standard InChI is InChI=1S/C12H8N2O6S2.2Na/c15-21(16,17)10-6-7-3-4-9-8(2-1-5-13-9)11(7)14-12(10)22(18,19)20;;/h1-6H,(H,15,16,17)(H,18,19,20);;. The summed E-state index contributed by atoms with van der Waals surface area (Å²) in [7, 11) is -9.83. The van der Waals surface area contributed by atoms with Crippen molar-refractivity contribution in [3.63, 3.8) is 0 Å². The number of hydrogen-bond acceptors (Lipinski definition) is 6. The fourth-order valence-electron chi connectivity index (χ4n) is 2.12. The topological polar surface area (TPSA) is 135 Å². The number of hydrogen-bond donors (Lipinski definition) is 2. The van der Waals surface area contributed by atoms with Crippen molar-refractivity contribution in [2.75, 3.05) is 0 Å². The summed E-state index contributed by atoms with van der Waals surface area (Å²) in [5.74, 6) is 0. The summed E-state index contributed by atoms with van der Waals surface area (Å²) in [5.41, 5.74) is 0.661. The van der Waals surface area contributed by atoms with Gasteiger partial charge in [-0.25, -0.2) is 4.98 Å². The molecule has 3 rings (SSSR count). The number of pyridine rings is 2. The van der Waals surface area contributed by atoms with Crippen LogP contribution in [0.4, 0.5) is 0 Å². The third-order valence-electron chi connectivity index (χ3n) is 3.02. The van der Waals surface area contributed by atoms with Gasteiger partial charge in [0.25, 0.3) is 10.1 Å². The van der Waals surface area contributed by atoms with Crippen LogP contribution in [-0.2, 0) is 20.2 Å². The van der Waals surface area contributed by atoms with Crippen LogP contribution in [0.1, 0.15) is 0 Å². The summed E-state index contributed by atoms with van der Waals surface area (Å²) < 4.78 is 63.8. The van der Waals surface area contributed by atoms with Crippen LogP contribution in [-0.4, -0.2) is 95.0 Å². The summed E-state index contributed by atoms with van der Waals surface area (Å²) in [6.07, 6.45) is 1.53. The molecule has 0 aliphatic carbocycles. The molecule has 0 atom stereocenters. The zero-order valence-electron chi connectivity index (χ0n) is 12.7. The molecule has 0 saturated heterocycles. The average Bonchev–Trinajstić information content (AvgIpc) is 2.44. The van der Waals surface area contributed by atoms with Crippen LogP contribution in [0.25, 0.3) is 21.8 Å². The van der Waals surface area contributed by atoms with Crippen LogP contribution in [0.3, 0.4) is 0 Å². The fourth-order valence-corrected chi connectivity index (χ4v) is 3.82. The second-order valence-electron chi connectivity index (χ2n) is 4.45. The van der Waals surface area contributed by atoms with Crippen LogP contribution in [0.2, 0.25) is 0 Å². The monoisotopic (exact) mass is 386 g/mol. The Morgan fingerprint density at radius 2 is 1.58 bits per heavy atom. The molecule has 2 N–H and O–H groups in total. The molecular formula is C12H8N2Na2O6S2. The molecule has 0 bridgehead atoms. The minimum atomic E-state index is -4.95. The first kappa shape index (κ1) is 21.9. The van der Waals surface area contributed by atoms with E-state index in [1.54, 1.807) is 18.2 Å². The molecule has 0 unspecified atom stereocenters. The zero-order valence-corrected chi connectivity index (χ0v) is 18.3. The molecule has 2 heterocycles. The summed E-state index contributed by atoms with van der Waals surface area (Å²) in [6, 6.07) is 7.25. The van der Waals surface area contributed by atoms with E-state index in [1.165, 1.54) is 12.3 Å². The van der Waals surface area contributed by atoms with Gasteiger partial charge in [-0.05, 0) is 24.3 Å². The van der Waals surface area contributed by atoms with Crippen LogP contribution in [0.15, 0.2) is 46.5 Å². The minimum absolute atomic E-state index is 0. The molecule has 8 nitrogen and oxygen atoms in total. The zero-order chi connectivity index (χ0) is 16.1. The SMILES string of the molecule is O=S(=O)(O)c1cc2ccc3ncccc3c2nc1S(=O)(=O)O.[Na].[Na]. The smallest absolute Gasteiger partial charge is 0.282 e. The summed E-state index contributed by atoms with van der Waals surface area (Å²) in [6.45, 7) is 0. The third-order valence-corrected chi connectivity index (χ3v) is 4.82. The first-order chi connectivity index (χ1) is 10.2. The van der Waals surface area contributed by atoms with E-state index in [4.69, 9.17) is 4.55 Å². The Bertz CT molecular complexity index is 1130. The Morgan fingerprint density at radius 1 is 0.917 bits per heavy atom. The Kier molecular flexibility index (Phi) is 6.95. The van der Waals surface area contributed by atoms with Gasteiger partial charge in [-0.15, -0.1) is 0 Å². The number of benzene rings is 1. The third kappa shape index (κ3) is 4.15. The van der Waals surface area contributed by atoms with Crippen molar-refractivity contribution in [1.82, 2.24) is 9.97 Å². The summed E-state index contributed by atoms with van der Waals surface area (Å²) >= 11 is 0. The molecule has 116 valence electrons. The predicted octanol–water partition coefficient (Wildman–Crippen LogP) is 0.515. The first-order valence-corrected chi connectivity index (χ1v) is 8.69. The minimum Gasteiger partial charge on any atom is -0.282 e. The van der Waals surface area contributed by atoms with Crippen LogP contribution in [0, 0.1) is 0 Å². The van der Waals surface area contributed by atoms with E-state index in [0.717, 1.165) is 6.07 Å². The van der Waals surface area contributed by atoms with Gasteiger partial charge in [0.15, 0.2) is 0 Å². The molecular weight excluding hydrogens is 378 g/mol. The average molecular weight is 386 g/mol. The second-order valence-corrected chi connectivity index (χ2v) is 7.18. The van der Waals surface area contributed by atoms with Crippen LogP contribution in [0.5, 0.6) is 0 Å². The molecule has 2 aromatic heterocycles. The van der Waals surface area contributed by atoms with Gasteiger partial charge in [0.2, 0.25) is 5.03 Å². The van der Waals surface area contributed by atoms with Crippen molar-refractivity contribution < 1.29 is 25.9 Å². The van der Waals surface area contributed by atoms with Crippen molar-refractivity contribution in [3.05, 3.63) is 36.5 Å². The van der Waals surface area contributed by atoms with Crippen molar-refractivity contribution in [3.8, 4) is 0 Å². The van der Waals surface area contributed by atoms with Crippen LogP contribution < -0.4 is 0 Å². The molecule has 1 aromatic carbocycles. The maximum Gasteiger partial charge on any atom is 0.313 e.